The average Bonchev–Trinajstić information content (AvgIpc) is 2.74. The number of nitrogens with zero attached hydrogens (tertiary/aromatic N) is 1. The maximum absolute atomic E-state index is 12.4. The summed E-state index contributed by atoms with van der Waals surface area (Å²) in [5, 5.41) is 3.33. The number of ether oxygens (including phenoxy) is 1. The maximum atomic E-state index is 12.4. The summed E-state index contributed by atoms with van der Waals surface area (Å²) in [5.41, 5.74) is 0.603. The van der Waals surface area contributed by atoms with Crippen LogP contribution in [0.1, 0.15) is 46.5 Å². The van der Waals surface area contributed by atoms with Gasteiger partial charge in [0, 0.05) is 19.6 Å². The van der Waals surface area contributed by atoms with E-state index in [2.05, 4.69) is 26.1 Å². The van der Waals surface area contributed by atoms with Gasteiger partial charge in [0.2, 0.25) is 5.91 Å². The Kier molecular flexibility index (Phi) is 4.04. The van der Waals surface area contributed by atoms with E-state index >= 15 is 0 Å². The first kappa shape index (κ1) is 15.3. The normalized spacial score (nSPS) is 38.5. The Balaban J connectivity index is 1.55. The molecular formula is C17H30N2O2. The largest absolute Gasteiger partial charge is 0.368 e. The van der Waals surface area contributed by atoms with Crippen molar-refractivity contribution in [3.05, 3.63) is 0 Å². The number of carbonyl (C=O) groups excluding carboxylic acids is 1. The van der Waals surface area contributed by atoms with Gasteiger partial charge in [-0.05, 0) is 49.0 Å². The predicted molar refractivity (Wildman–Crippen MR) is 83.0 cm³/mol. The summed E-state index contributed by atoms with van der Waals surface area (Å²) in [6.07, 6.45) is 5.02. The van der Waals surface area contributed by atoms with Crippen molar-refractivity contribution in [2.75, 3.05) is 32.8 Å². The molecule has 4 nitrogen and oxygen atoms in total. The second kappa shape index (κ2) is 5.54. The van der Waals surface area contributed by atoms with Crippen molar-refractivity contribution in [2.45, 2.75) is 52.6 Å². The lowest BCUT2D eigenvalue weighted by atomic mass is 9.70. The van der Waals surface area contributed by atoms with Gasteiger partial charge in [-0.25, -0.2) is 0 Å². The summed E-state index contributed by atoms with van der Waals surface area (Å²) in [6, 6.07) is 0. The number of amides is 1. The molecule has 3 fully saturated rings. The molecule has 0 aromatic carbocycles. The van der Waals surface area contributed by atoms with Gasteiger partial charge < -0.3 is 15.0 Å². The zero-order valence-corrected chi connectivity index (χ0v) is 13.8. The molecular weight excluding hydrogens is 264 g/mol. The zero-order valence-electron chi connectivity index (χ0n) is 13.8. The van der Waals surface area contributed by atoms with E-state index in [0.717, 1.165) is 44.9 Å². The van der Waals surface area contributed by atoms with Crippen LogP contribution in [0.4, 0.5) is 0 Å². The van der Waals surface area contributed by atoms with Crippen molar-refractivity contribution in [2.24, 2.45) is 16.7 Å². The van der Waals surface area contributed by atoms with E-state index in [9.17, 15) is 4.79 Å². The highest BCUT2D eigenvalue weighted by molar-refractivity contribution is 5.77. The molecule has 21 heavy (non-hydrogen) atoms. The zero-order chi connectivity index (χ0) is 15.1. The maximum Gasteiger partial charge on any atom is 0.248 e. The van der Waals surface area contributed by atoms with Gasteiger partial charge in [0.05, 0.1) is 6.10 Å². The Morgan fingerprint density at radius 1 is 1.29 bits per heavy atom. The molecule has 3 unspecified atom stereocenters. The Morgan fingerprint density at radius 3 is 2.76 bits per heavy atom. The van der Waals surface area contributed by atoms with Crippen LogP contribution in [0, 0.1) is 16.7 Å². The van der Waals surface area contributed by atoms with Crippen molar-refractivity contribution >= 4 is 5.91 Å². The second-order valence-corrected chi connectivity index (χ2v) is 7.89. The third-order valence-corrected chi connectivity index (χ3v) is 6.81. The topological polar surface area (TPSA) is 41.6 Å². The van der Waals surface area contributed by atoms with Crippen LogP contribution in [-0.2, 0) is 9.53 Å². The Morgan fingerprint density at radius 2 is 2.10 bits per heavy atom. The van der Waals surface area contributed by atoms with Gasteiger partial charge in [-0.3, -0.25) is 4.79 Å². The third-order valence-electron chi connectivity index (χ3n) is 6.81. The minimum atomic E-state index is 0.169. The van der Waals surface area contributed by atoms with E-state index in [1.165, 1.54) is 12.8 Å². The van der Waals surface area contributed by atoms with Gasteiger partial charge in [-0.1, -0.05) is 20.8 Å². The van der Waals surface area contributed by atoms with Gasteiger partial charge in [0.25, 0.3) is 0 Å². The fourth-order valence-electron chi connectivity index (χ4n) is 4.74. The molecule has 1 heterocycles. The first-order valence-corrected chi connectivity index (χ1v) is 8.55. The molecule has 1 saturated heterocycles. The fraction of sp³-hybridized carbons (Fsp3) is 0.941. The van der Waals surface area contributed by atoms with Gasteiger partial charge in [-0.2, -0.15) is 0 Å². The van der Waals surface area contributed by atoms with E-state index in [1.54, 1.807) is 0 Å². The van der Waals surface area contributed by atoms with Gasteiger partial charge >= 0.3 is 0 Å². The SMILES string of the molecule is CC1(C)C2CCC1(C)C(OCC(=O)N1CCCNCC1)C2. The lowest BCUT2D eigenvalue weighted by Crippen LogP contribution is -2.41. The van der Waals surface area contributed by atoms with Crippen LogP contribution < -0.4 is 5.32 Å². The van der Waals surface area contributed by atoms with E-state index in [-0.39, 0.29) is 24.0 Å². The van der Waals surface area contributed by atoms with Crippen molar-refractivity contribution in [3.63, 3.8) is 0 Å². The van der Waals surface area contributed by atoms with E-state index in [4.69, 9.17) is 4.74 Å². The van der Waals surface area contributed by atoms with Crippen LogP contribution in [0.2, 0.25) is 0 Å². The first-order valence-electron chi connectivity index (χ1n) is 8.55. The molecule has 3 aliphatic rings. The third kappa shape index (κ3) is 2.50. The molecule has 1 aliphatic heterocycles. The standard InChI is InChI=1S/C17H30N2O2/c1-16(2)13-5-6-17(16,3)14(11-13)21-12-15(20)19-9-4-7-18-8-10-19/h13-14,18H,4-12H2,1-3H3. The highest BCUT2D eigenvalue weighted by Gasteiger charge is 2.61. The minimum Gasteiger partial charge on any atom is -0.368 e. The molecule has 0 radical (unpaired) electrons. The highest BCUT2D eigenvalue weighted by atomic mass is 16.5. The molecule has 2 aliphatic carbocycles. The lowest BCUT2D eigenvalue weighted by Gasteiger charge is -2.39. The monoisotopic (exact) mass is 294 g/mol. The quantitative estimate of drug-likeness (QED) is 0.866. The molecule has 3 atom stereocenters. The van der Waals surface area contributed by atoms with Crippen molar-refractivity contribution in [1.29, 1.82) is 0 Å². The molecule has 4 heteroatoms. The van der Waals surface area contributed by atoms with Gasteiger partial charge in [0.15, 0.2) is 0 Å². The molecule has 0 spiro atoms. The Labute approximate surface area is 128 Å². The van der Waals surface area contributed by atoms with Crippen LogP contribution in [0.25, 0.3) is 0 Å². The van der Waals surface area contributed by atoms with Crippen LogP contribution in [0.5, 0.6) is 0 Å². The van der Waals surface area contributed by atoms with Crippen LogP contribution in [0.15, 0.2) is 0 Å². The summed E-state index contributed by atoms with van der Waals surface area (Å²) in [6.45, 7) is 11.0. The van der Waals surface area contributed by atoms with Crippen molar-refractivity contribution in [1.82, 2.24) is 10.2 Å². The Bertz CT molecular complexity index is 402. The molecule has 0 aromatic heterocycles. The molecule has 120 valence electrons. The molecule has 2 saturated carbocycles. The summed E-state index contributed by atoms with van der Waals surface area (Å²) < 4.78 is 6.12. The average molecular weight is 294 g/mol. The number of carbonyl (C=O) groups is 1. The van der Waals surface area contributed by atoms with Crippen molar-refractivity contribution < 1.29 is 9.53 Å². The summed E-state index contributed by atoms with van der Waals surface area (Å²) >= 11 is 0. The molecule has 3 rings (SSSR count). The van der Waals surface area contributed by atoms with Gasteiger partial charge in [0.1, 0.15) is 6.61 Å². The Hall–Kier alpha value is -0.610. The predicted octanol–water partition coefficient (Wildman–Crippen LogP) is 2.04. The molecule has 2 bridgehead atoms. The second-order valence-electron chi connectivity index (χ2n) is 7.89. The highest BCUT2D eigenvalue weighted by Crippen LogP contribution is 2.66. The lowest BCUT2D eigenvalue weighted by molar-refractivity contribution is -0.141. The number of fused-ring (bicyclic) bond motifs is 2. The van der Waals surface area contributed by atoms with Crippen LogP contribution >= 0.6 is 0 Å². The summed E-state index contributed by atoms with van der Waals surface area (Å²) in [4.78, 5) is 14.3. The summed E-state index contributed by atoms with van der Waals surface area (Å²) in [5.74, 6) is 0.938. The van der Waals surface area contributed by atoms with Gasteiger partial charge in [-0.15, -0.1) is 0 Å². The van der Waals surface area contributed by atoms with Crippen molar-refractivity contribution in [3.8, 4) is 0 Å². The smallest absolute Gasteiger partial charge is 0.248 e. The fourth-order valence-corrected chi connectivity index (χ4v) is 4.74. The minimum absolute atomic E-state index is 0.169. The van der Waals surface area contributed by atoms with Crippen LogP contribution in [0.3, 0.4) is 0 Å². The molecule has 1 amide bonds. The number of rotatable bonds is 3. The number of nitrogens with one attached hydrogen (secondary N) is 1. The summed E-state index contributed by atoms with van der Waals surface area (Å²) in [7, 11) is 0. The number of hydrogen-bond donors (Lipinski definition) is 1. The van der Waals surface area contributed by atoms with E-state index in [0.29, 0.717) is 5.41 Å². The van der Waals surface area contributed by atoms with Crippen LogP contribution in [-0.4, -0.2) is 49.7 Å². The molecule has 1 N–H and O–H groups in total. The van der Waals surface area contributed by atoms with E-state index < -0.39 is 0 Å². The first-order chi connectivity index (χ1) is 9.95. The number of hydrogen-bond acceptors (Lipinski definition) is 3. The van der Waals surface area contributed by atoms with E-state index in [1.807, 2.05) is 4.90 Å². The molecule has 0 aromatic rings.